The molecule has 2 amide bonds. The van der Waals surface area contributed by atoms with E-state index in [2.05, 4.69) is 10.6 Å². The summed E-state index contributed by atoms with van der Waals surface area (Å²) in [7, 11) is 0. The lowest BCUT2D eigenvalue weighted by Gasteiger charge is -2.14. The van der Waals surface area contributed by atoms with Gasteiger partial charge in [-0.25, -0.2) is 0 Å². The Labute approximate surface area is 165 Å². The van der Waals surface area contributed by atoms with Gasteiger partial charge in [0.05, 0.1) is 16.8 Å². The lowest BCUT2D eigenvalue weighted by Crippen LogP contribution is -2.15. The minimum atomic E-state index is -0.302. The number of halogens is 1. The van der Waals surface area contributed by atoms with E-state index < -0.39 is 0 Å². The van der Waals surface area contributed by atoms with E-state index >= 15 is 0 Å². The van der Waals surface area contributed by atoms with Crippen molar-refractivity contribution >= 4 is 34.8 Å². The third kappa shape index (κ3) is 6.29. The molecule has 0 aliphatic rings. The van der Waals surface area contributed by atoms with Crippen LogP contribution in [0.4, 0.5) is 11.4 Å². The van der Waals surface area contributed by atoms with Crippen LogP contribution < -0.4 is 15.4 Å². The van der Waals surface area contributed by atoms with Crippen molar-refractivity contribution in [1.29, 1.82) is 0 Å². The summed E-state index contributed by atoms with van der Waals surface area (Å²) in [4.78, 5) is 24.4. The van der Waals surface area contributed by atoms with Crippen LogP contribution in [0.15, 0.2) is 42.5 Å². The first kappa shape index (κ1) is 20.8. The second-order valence-electron chi connectivity index (χ2n) is 6.31. The molecule has 0 unspecified atom stereocenters. The van der Waals surface area contributed by atoms with Gasteiger partial charge >= 0.3 is 0 Å². The third-order valence-electron chi connectivity index (χ3n) is 3.98. The van der Waals surface area contributed by atoms with Crippen LogP contribution in [-0.4, -0.2) is 17.9 Å². The van der Waals surface area contributed by atoms with Gasteiger partial charge < -0.3 is 15.4 Å². The average molecular weight is 389 g/mol. The number of carbonyl (C=O) groups excluding carboxylic acids is 2. The highest BCUT2D eigenvalue weighted by molar-refractivity contribution is 6.34. The number of carbonyl (C=O) groups is 2. The van der Waals surface area contributed by atoms with E-state index in [1.165, 1.54) is 0 Å². The van der Waals surface area contributed by atoms with Gasteiger partial charge in [0.15, 0.2) is 0 Å². The highest BCUT2D eigenvalue weighted by Gasteiger charge is 2.12. The van der Waals surface area contributed by atoms with Gasteiger partial charge in [0.25, 0.3) is 5.91 Å². The number of hydrogen-bond acceptors (Lipinski definition) is 3. The Balaban J connectivity index is 2.13. The van der Waals surface area contributed by atoms with Crippen molar-refractivity contribution in [3.8, 4) is 5.75 Å². The Hall–Kier alpha value is -2.53. The fourth-order valence-electron chi connectivity index (χ4n) is 2.37. The summed E-state index contributed by atoms with van der Waals surface area (Å²) >= 11 is 6.19. The second-order valence-corrected chi connectivity index (χ2v) is 6.72. The number of rotatable bonds is 8. The number of ether oxygens (including phenoxy) is 1. The van der Waals surface area contributed by atoms with Crippen LogP contribution >= 0.6 is 11.6 Å². The molecule has 0 fully saturated rings. The predicted octanol–water partition coefficient (Wildman–Crippen LogP) is 5.51. The molecule has 0 heterocycles. The monoisotopic (exact) mass is 388 g/mol. The van der Waals surface area contributed by atoms with Crippen molar-refractivity contribution in [2.24, 2.45) is 0 Å². The maximum Gasteiger partial charge on any atom is 0.255 e. The maximum atomic E-state index is 12.6. The summed E-state index contributed by atoms with van der Waals surface area (Å²) in [5.74, 6) is 0.263. The predicted molar refractivity (Wildman–Crippen MR) is 110 cm³/mol. The molecule has 2 N–H and O–H groups in total. The highest BCUT2D eigenvalue weighted by atomic mass is 35.5. The van der Waals surface area contributed by atoms with E-state index in [9.17, 15) is 9.59 Å². The number of nitrogens with one attached hydrogen (secondary N) is 2. The van der Waals surface area contributed by atoms with E-state index in [0.717, 1.165) is 12.8 Å². The standard InChI is InChI=1S/C21H25ClN2O3/c1-4-7-20(25)23-16-10-11-18(22)19(13-16)24-21(26)15-8-6-9-17(12-15)27-14(3)5-2/h6,8-14H,4-5,7H2,1-3H3,(H,23,25)(H,24,26)/t14-/m1/s1. The Morgan fingerprint density at radius 1 is 1.11 bits per heavy atom. The van der Waals surface area contributed by atoms with Crippen LogP contribution in [0.25, 0.3) is 0 Å². The van der Waals surface area contributed by atoms with Crippen LogP contribution in [0, 0.1) is 0 Å². The summed E-state index contributed by atoms with van der Waals surface area (Å²) in [6.07, 6.45) is 2.15. The van der Waals surface area contributed by atoms with Crippen molar-refractivity contribution < 1.29 is 14.3 Å². The summed E-state index contributed by atoms with van der Waals surface area (Å²) in [6.45, 7) is 5.95. The smallest absolute Gasteiger partial charge is 0.255 e. The molecule has 27 heavy (non-hydrogen) atoms. The summed E-state index contributed by atoms with van der Waals surface area (Å²) in [6, 6.07) is 12.0. The molecule has 0 aliphatic carbocycles. The first-order valence-corrected chi connectivity index (χ1v) is 9.48. The fourth-order valence-corrected chi connectivity index (χ4v) is 2.53. The van der Waals surface area contributed by atoms with Gasteiger partial charge in [0.2, 0.25) is 5.91 Å². The van der Waals surface area contributed by atoms with Crippen molar-refractivity contribution in [2.45, 2.75) is 46.1 Å². The van der Waals surface area contributed by atoms with Crippen molar-refractivity contribution in [2.75, 3.05) is 10.6 Å². The summed E-state index contributed by atoms with van der Waals surface area (Å²) in [5.41, 5.74) is 1.48. The second kappa shape index (κ2) is 9.97. The van der Waals surface area contributed by atoms with Gasteiger partial charge in [0.1, 0.15) is 5.75 Å². The molecule has 0 spiro atoms. The first-order chi connectivity index (χ1) is 12.9. The van der Waals surface area contributed by atoms with Crippen LogP contribution in [-0.2, 0) is 4.79 Å². The van der Waals surface area contributed by atoms with Gasteiger partial charge in [-0.3, -0.25) is 9.59 Å². The third-order valence-corrected chi connectivity index (χ3v) is 4.31. The minimum Gasteiger partial charge on any atom is -0.491 e. The number of hydrogen-bond donors (Lipinski definition) is 2. The average Bonchev–Trinajstić information content (AvgIpc) is 2.64. The van der Waals surface area contributed by atoms with E-state index in [1.807, 2.05) is 26.8 Å². The molecule has 0 saturated carbocycles. The van der Waals surface area contributed by atoms with Gasteiger partial charge in [-0.2, -0.15) is 0 Å². The molecule has 5 nitrogen and oxygen atoms in total. The van der Waals surface area contributed by atoms with Crippen LogP contribution in [0.1, 0.15) is 50.4 Å². The van der Waals surface area contributed by atoms with E-state index in [-0.39, 0.29) is 17.9 Å². The first-order valence-electron chi connectivity index (χ1n) is 9.10. The zero-order valence-electron chi connectivity index (χ0n) is 15.8. The molecule has 0 aliphatic heterocycles. The van der Waals surface area contributed by atoms with Crippen LogP contribution in [0.2, 0.25) is 5.02 Å². The SMILES string of the molecule is CCCC(=O)Nc1ccc(Cl)c(NC(=O)c2cccc(O[C@H](C)CC)c2)c1. The number of benzene rings is 2. The van der Waals surface area contributed by atoms with Crippen molar-refractivity contribution in [1.82, 2.24) is 0 Å². The van der Waals surface area contributed by atoms with Crippen molar-refractivity contribution in [3.63, 3.8) is 0 Å². The van der Waals surface area contributed by atoms with E-state index in [4.69, 9.17) is 16.3 Å². The van der Waals surface area contributed by atoms with Crippen LogP contribution in [0.5, 0.6) is 5.75 Å². The largest absolute Gasteiger partial charge is 0.491 e. The fraction of sp³-hybridized carbons (Fsp3) is 0.333. The molecular weight excluding hydrogens is 364 g/mol. The highest BCUT2D eigenvalue weighted by Crippen LogP contribution is 2.27. The zero-order valence-corrected chi connectivity index (χ0v) is 16.6. The summed E-state index contributed by atoms with van der Waals surface area (Å²) < 4.78 is 5.76. The molecule has 144 valence electrons. The van der Waals surface area contributed by atoms with E-state index in [0.29, 0.717) is 34.1 Å². The quantitative estimate of drug-likeness (QED) is 0.626. The van der Waals surface area contributed by atoms with Crippen LogP contribution in [0.3, 0.4) is 0 Å². The molecule has 2 aromatic carbocycles. The molecule has 0 saturated heterocycles. The number of amides is 2. The molecular formula is C21H25ClN2O3. The molecule has 2 rings (SSSR count). The zero-order chi connectivity index (χ0) is 19.8. The van der Waals surface area contributed by atoms with Gasteiger partial charge in [-0.15, -0.1) is 0 Å². The Morgan fingerprint density at radius 3 is 2.59 bits per heavy atom. The number of anilines is 2. The molecule has 6 heteroatoms. The molecule has 2 aromatic rings. The normalized spacial score (nSPS) is 11.6. The lowest BCUT2D eigenvalue weighted by molar-refractivity contribution is -0.116. The Kier molecular flexibility index (Phi) is 7.67. The van der Waals surface area contributed by atoms with Gasteiger partial charge in [-0.1, -0.05) is 31.5 Å². The van der Waals surface area contributed by atoms with Crippen molar-refractivity contribution in [3.05, 3.63) is 53.1 Å². The van der Waals surface area contributed by atoms with Gasteiger partial charge in [-0.05, 0) is 56.2 Å². The topological polar surface area (TPSA) is 67.4 Å². The molecule has 0 radical (unpaired) electrons. The Bertz CT molecular complexity index is 808. The molecule has 0 bridgehead atoms. The maximum absolute atomic E-state index is 12.6. The minimum absolute atomic E-state index is 0.0705. The molecule has 0 aromatic heterocycles. The van der Waals surface area contributed by atoms with E-state index in [1.54, 1.807) is 36.4 Å². The Morgan fingerprint density at radius 2 is 1.89 bits per heavy atom. The lowest BCUT2D eigenvalue weighted by atomic mass is 10.2. The summed E-state index contributed by atoms with van der Waals surface area (Å²) in [5, 5.41) is 5.97. The van der Waals surface area contributed by atoms with Gasteiger partial charge in [0, 0.05) is 17.7 Å². The molecule has 1 atom stereocenters.